The molecule has 0 spiro atoms. The van der Waals surface area contributed by atoms with Crippen molar-refractivity contribution in [2.24, 2.45) is 0 Å². The van der Waals surface area contributed by atoms with Gasteiger partial charge in [-0.1, -0.05) is 0 Å². The summed E-state index contributed by atoms with van der Waals surface area (Å²) < 4.78 is 26.4. The molecular formula is C8H13F2N3. The predicted octanol–water partition coefficient (Wildman–Crippen LogP) is 1.90. The summed E-state index contributed by atoms with van der Waals surface area (Å²) in [5.41, 5.74) is 5.45. The zero-order chi connectivity index (χ0) is 9.90. The van der Waals surface area contributed by atoms with Crippen LogP contribution >= 0.6 is 0 Å². The van der Waals surface area contributed by atoms with Gasteiger partial charge in [0.15, 0.2) is 5.95 Å². The van der Waals surface area contributed by atoms with Crippen molar-refractivity contribution < 1.29 is 8.78 Å². The number of aryl methyl sites for hydroxylation is 1. The quantitative estimate of drug-likeness (QED) is 0.786. The summed E-state index contributed by atoms with van der Waals surface area (Å²) in [7, 11) is 0. The van der Waals surface area contributed by atoms with Crippen molar-refractivity contribution in [1.29, 1.82) is 0 Å². The minimum absolute atomic E-state index is 0.120. The van der Waals surface area contributed by atoms with Crippen molar-refractivity contribution in [2.45, 2.75) is 32.2 Å². The van der Waals surface area contributed by atoms with Crippen LogP contribution < -0.4 is 5.73 Å². The summed E-state index contributed by atoms with van der Waals surface area (Å²) in [5.74, 6) is -2.21. The number of nitrogens with two attached hydrogens (primary N) is 1. The van der Waals surface area contributed by atoms with E-state index in [0.29, 0.717) is 18.9 Å². The Kier molecular flexibility index (Phi) is 2.85. The molecule has 5 heteroatoms. The summed E-state index contributed by atoms with van der Waals surface area (Å²) in [6.07, 6.45) is 3.53. The molecule has 74 valence electrons. The van der Waals surface area contributed by atoms with Gasteiger partial charge >= 0.3 is 0 Å². The highest BCUT2D eigenvalue weighted by Crippen LogP contribution is 2.19. The molecule has 0 saturated carbocycles. The number of halogens is 2. The maximum absolute atomic E-state index is 12.4. The van der Waals surface area contributed by atoms with Crippen molar-refractivity contribution in [1.82, 2.24) is 9.55 Å². The number of rotatable bonds is 4. The van der Waals surface area contributed by atoms with E-state index in [2.05, 4.69) is 4.98 Å². The largest absolute Gasteiger partial charge is 0.369 e. The first-order valence-corrected chi connectivity index (χ1v) is 4.13. The number of alkyl halides is 2. The van der Waals surface area contributed by atoms with E-state index in [1.807, 2.05) is 0 Å². The molecule has 1 aromatic heterocycles. The molecule has 0 atom stereocenters. The molecule has 0 radical (unpaired) electrons. The van der Waals surface area contributed by atoms with Crippen LogP contribution in [-0.2, 0) is 6.54 Å². The Morgan fingerprint density at radius 2 is 2.31 bits per heavy atom. The number of hydrogen-bond donors (Lipinski definition) is 1. The molecule has 0 aliphatic rings. The van der Waals surface area contributed by atoms with Crippen LogP contribution in [0.5, 0.6) is 0 Å². The highest BCUT2D eigenvalue weighted by molar-refractivity contribution is 5.16. The van der Waals surface area contributed by atoms with Gasteiger partial charge in [0.25, 0.3) is 0 Å². The van der Waals surface area contributed by atoms with Gasteiger partial charge in [0.2, 0.25) is 5.92 Å². The molecule has 0 aliphatic heterocycles. The zero-order valence-corrected chi connectivity index (χ0v) is 7.50. The third kappa shape index (κ3) is 3.40. The van der Waals surface area contributed by atoms with Crippen LogP contribution in [0.2, 0.25) is 0 Å². The molecule has 2 N–H and O–H groups in total. The van der Waals surface area contributed by atoms with Gasteiger partial charge in [-0.3, -0.25) is 0 Å². The van der Waals surface area contributed by atoms with Gasteiger partial charge in [-0.15, -0.1) is 0 Å². The molecule has 3 nitrogen and oxygen atoms in total. The molecule has 0 unspecified atom stereocenters. The van der Waals surface area contributed by atoms with Gasteiger partial charge in [-0.2, -0.15) is 0 Å². The van der Waals surface area contributed by atoms with E-state index >= 15 is 0 Å². The number of imidazole rings is 1. The molecule has 0 saturated heterocycles. The molecule has 0 aliphatic carbocycles. The lowest BCUT2D eigenvalue weighted by Crippen LogP contribution is -2.11. The minimum atomic E-state index is -2.59. The SMILES string of the molecule is CC(F)(F)CCCn1ccnc1N. The fraction of sp³-hybridized carbons (Fsp3) is 0.625. The lowest BCUT2D eigenvalue weighted by atomic mass is 10.2. The summed E-state index contributed by atoms with van der Waals surface area (Å²) >= 11 is 0. The summed E-state index contributed by atoms with van der Waals surface area (Å²) in [6.45, 7) is 1.42. The first-order chi connectivity index (χ1) is 5.99. The van der Waals surface area contributed by atoms with Crippen LogP contribution in [-0.4, -0.2) is 15.5 Å². The Morgan fingerprint density at radius 3 is 2.77 bits per heavy atom. The van der Waals surface area contributed by atoms with E-state index in [1.54, 1.807) is 17.0 Å². The van der Waals surface area contributed by atoms with E-state index in [4.69, 9.17) is 5.73 Å². The number of anilines is 1. The third-order valence-electron chi connectivity index (χ3n) is 1.76. The maximum atomic E-state index is 12.4. The van der Waals surface area contributed by atoms with Crippen LogP contribution in [0.1, 0.15) is 19.8 Å². The van der Waals surface area contributed by atoms with Crippen LogP contribution in [0.25, 0.3) is 0 Å². The Labute approximate surface area is 75.6 Å². The van der Waals surface area contributed by atoms with Gasteiger partial charge in [0.1, 0.15) is 0 Å². The van der Waals surface area contributed by atoms with Gasteiger partial charge in [-0.05, 0) is 13.3 Å². The topological polar surface area (TPSA) is 43.8 Å². The molecule has 0 amide bonds. The van der Waals surface area contributed by atoms with Crippen LogP contribution in [0.4, 0.5) is 14.7 Å². The highest BCUT2D eigenvalue weighted by Gasteiger charge is 2.19. The molecule has 13 heavy (non-hydrogen) atoms. The first kappa shape index (κ1) is 9.95. The average Bonchev–Trinajstić information content (AvgIpc) is 2.34. The van der Waals surface area contributed by atoms with Gasteiger partial charge < -0.3 is 10.3 Å². The van der Waals surface area contributed by atoms with Crippen LogP contribution in [0.15, 0.2) is 12.4 Å². The molecule has 1 heterocycles. The second-order valence-corrected chi connectivity index (χ2v) is 3.15. The van der Waals surface area contributed by atoms with Crippen molar-refractivity contribution in [3.8, 4) is 0 Å². The van der Waals surface area contributed by atoms with Gasteiger partial charge in [0.05, 0.1) is 0 Å². The lowest BCUT2D eigenvalue weighted by Gasteiger charge is -2.10. The highest BCUT2D eigenvalue weighted by atomic mass is 19.3. The Bertz CT molecular complexity index is 265. The predicted molar refractivity (Wildman–Crippen MR) is 46.5 cm³/mol. The molecule has 1 rings (SSSR count). The van der Waals surface area contributed by atoms with E-state index in [1.165, 1.54) is 0 Å². The first-order valence-electron chi connectivity index (χ1n) is 4.13. The van der Waals surface area contributed by atoms with Crippen molar-refractivity contribution in [3.05, 3.63) is 12.4 Å². The van der Waals surface area contributed by atoms with Crippen LogP contribution in [0.3, 0.4) is 0 Å². The number of hydrogen-bond acceptors (Lipinski definition) is 2. The molecular weight excluding hydrogens is 176 g/mol. The van der Waals surface area contributed by atoms with E-state index in [-0.39, 0.29) is 6.42 Å². The maximum Gasteiger partial charge on any atom is 0.245 e. The monoisotopic (exact) mass is 189 g/mol. The zero-order valence-electron chi connectivity index (χ0n) is 7.50. The second kappa shape index (κ2) is 3.72. The van der Waals surface area contributed by atoms with Crippen LogP contribution in [0, 0.1) is 0 Å². The van der Waals surface area contributed by atoms with Gasteiger partial charge in [-0.25, -0.2) is 13.8 Å². The Balaban J connectivity index is 2.32. The average molecular weight is 189 g/mol. The molecule has 0 fully saturated rings. The Hall–Kier alpha value is -1.13. The van der Waals surface area contributed by atoms with E-state index in [9.17, 15) is 8.78 Å². The van der Waals surface area contributed by atoms with E-state index in [0.717, 1.165) is 6.92 Å². The van der Waals surface area contributed by atoms with E-state index < -0.39 is 5.92 Å². The summed E-state index contributed by atoms with van der Waals surface area (Å²) in [4.78, 5) is 3.78. The Morgan fingerprint density at radius 1 is 1.62 bits per heavy atom. The molecule has 1 aromatic rings. The molecule has 0 bridgehead atoms. The normalized spacial score (nSPS) is 11.9. The van der Waals surface area contributed by atoms with Crippen molar-refractivity contribution in [2.75, 3.05) is 5.73 Å². The third-order valence-corrected chi connectivity index (χ3v) is 1.76. The lowest BCUT2D eigenvalue weighted by molar-refractivity contribution is 0.00996. The fourth-order valence-electron chi connectivity index (χ4n) is 1.09. The van der Waals surface area contributed by atoms with Gasteiger partial charge in [0, 0.05) is 25.4 Å². The molecule has 0 aromatic carbocycles. The number of nitrogens with zero attached hydrogens (tertiary/aromatic N) is 2. The summed E-state index contributed by atoms with van der Waals surface area (Å²) in [6, 6.07) is 0. The van der Waals surface area contributed by atoms with Crippen molar-refractivity contribution in [3.63, 3.8) is 0 Å². The van der Waals surface area contributed by atoms with Crippen molar-refractivity contribution >= 4 is 5.95 Å². The smallest absolute Gasteiger partial charge is 0.245 e. The number of nitrogen functional groups attached to an aromatic ring is 1. The summed E-state index contributed by atoms with van der Waals surface area (Å²) in [5, 5.41) is 0. The minimum Gasteiger partial charge on any atom is -0.369 e. The number of aromatic nitrogens is 2. The second-order valence-electron chi connectivity index (χ2n) is 3.15. The fourth-order valence-corrected chi connectivity index (χ4v) is 1.09. The standard InChI is InChI=1S/C8H13F2N3/c1-8(9,10)3-2-5-13-6-4-12-7(13)11/h4,6H,2-3,5H2,1H3,(H2,11,12).